The monoisotopic (exact) mass is 747 g/mol. The van der Waals surface area contributed by atoms with Gasteiger partial charge in [-0.2, -0.15) is 0 Å². The summed E-state index contributed by atoms with van der Waals surface area (Å²) in [7, 11) is 0. The summed E-state index contributed by atoms with van der Waals surface area (Å²) in [6.07, 6.45) is 0. The first kappa shape index (κ1) is 31.9. The van der Waals surface area contributed by atoms with Gasteiger partial charge < -0.3 is 8.83 Å². The first-order valence-corrected chi connectivity index (χ1v) is 19.7. The van der Waals surface area contributed by atoms with Crippen LogP contribution in [0.15, 0.2) is 185 Å². The van der Waals surface area contributed by atoms with E-state index in [-0.39, 0.29) is 0 Å². The van der Waals surface area contributed by atoms with E-state index in [4.69, 9.17) is 23.8 Å². The predicted molar refractivity (Wildman–Crippen MR) is 234 cm³/mol. The number of hydrogen-bond acceptors (Lipinski definition) is 6. The van der Waals surface area contributed by atoms with E-state index in [1.165, 1.54) is 15.5 Å². The molecule has 6 heteroatoms. The molecule has 266 valence electrons. The van der Waals surface area contributed by atoms with E-state index in [2.05, 4.69) is 133 Å². The van der Waals surface area contributed by atoms with Gasteiger partial charge in [0.25, 0.3) is 0 Å². The zero-order chi connectivity index (χ0) is 37.5. The van der Waals surface area contributed by atoms with Crippen molar-refractivity contribution >= 4 is 75.4 Å². The third kappa shape index (κ3) is 5.04. The van der Waals surface area contributed by atoms with Gasteiger partial charge >= 0.3 is 0 Å². The lowest BCUT2D eigenvalue weighted by atomic mass is 9.95. The molecule has 0 amide bonds. The molecule has 0 spiro atoms. The number of aromatic nitrogens is 3. The number of thiophene rings is 1. The molecule has 12 rings (SSSR count). The van der Waals surface area contributed by atoms with Crippen LogP contribution < -0.4 is 0 Å². The lowest BCUT2D eigenvalue weighted by Crippen LogP contribution is -2.00. The van der Waals surface area contributed by atoms with Crippen LogP contribution in [0.5, 0.6) is 0 Å². The highest BCUT2D eigenvalue weighted by atomic mass is 32.1. The van der Waals surface area contributed by atoms with Gasteiger partial charge in [-0.25, -0.2) is 15.0 Å². The molecule has 0 fully saturated rings. The third-order valence-corrected chi connectivity index (χ3v) is 12.2. The van der Waals surface area contributed by atoms with Gasteiger partial charge in [-0.1, -0.05) is 146 Å². The fraction of sp³-hybridized carbons (Fsp3) is 0. The smallest absolute Gasteiger partial charge is 0.165 e. The van der Waals surface area contributed by atoms with Crippen LogP contribution >= 0.6 is 11.3 Å². The predicted octanol–water partition coefficient (Wildman–Crippen LogP) is 14.4. The van der Waals surface area contributed by atoms with Crippen LogP contribution in [0, 0.1) is 0 Å². The second kappa shape index (κ2) is 12.6. The van der Waals surface area contributed by atoms with Crippen LogP contribution in [-0.4, -0.2) is 15.0 Å². The molecule has 0 aliphatic heterocycles. The lowest BCUT2D eigenvalue weighted by Gasteiger charge is -2.11. The van der Waals surface area contributed by atoms with E-state index in [0.29, 0.717) is 17.5 Å². The molecule has 0 aliphatic rings. The van der Waals surface area contributed by atoms with Crippen molar-refractivity contribution in [3.8, 4) is 56.4 Å². The minimum absolute atomic E-state index is 0.574. The minimum atomic E-state index is 0.574. The molecule has 4 heterocycles. The Bertz CT molecular complexity index is 3530. The summed E-state index contributed by atoms with van der Waals surface area (Å²) in [6.45, 7) is 0. The van der Waals surface area contributed by atoms with Gasteiger partial charge in [0, 0.05) is 64.0 Å². The van der Waals surface area contributed by atoms with Crippen LogP contribution in [-0.2, 0) is 0 Å². The Labute approximate surface area is 330 Å². The molecule has 0 N–H and O–H groups in total. The van der Waals surface area contributed by atoms with Crippen molar-refractivity contribution in [2.75, 3.05) is 0 Å². The van der Waals surface area contributed by atoms with Gasteiger partial charge in [-0.3, -0.25) is 0 Å². The molecule has 0 bridgehead atoms. The summed E-state index contributed by atoms with van der Waals surface area (Å²) in [5, 5.41) is 6.52. The SMILES string of the molecule is c1ccc(-c2ccc(-c3nc(-c4cccc5c4sc4ccccc45)nc(-c4cccc5oc6cccc(-c7cccc8c7oc7ccccc78)c6c45)n3)cc2)cc1. The molecular formula is C51H29N3O2S. The second-order valence-corrected chi connectivity index (χ2v) is 15.3. The van der Waals surface area contributed by atoms with Crippen molar-refractivity contribution in [3.05, 3.63) is 176 Å². The maximum atomic E-state index is 6.62. The standard InChI is InChI=1S/C51H29N3O2S/c1-2-12-30(13-3-1)31-26-28-32(29-27-31)49-52-50(54-51(53-49)40-21-9-19-38-34-15-5-7-25-44(34)57-48(38)40)39-20-11-24-43-46(39)45-35(16-10-23-42(45)55-43)37-18-8-17-36-33-14-4-6-22-41(33)56-47(36)37/h1-29H. The Morgan fingerprint density at radius 2 is 0.877 bits per heavy atom. The zero-order valence-electron chi connectivity index (χ0n) is 30.3. The van der Waals surface area contributed by atoms with Crippen LogP contribution in [0.4, 0.5) is 0 Å². The molecule has 8 aromatic carbocycles. The first-order valence-electron chi connectivity index (χ1n) is 18.9. The molecule has 0 saturated carbocycles. The highest BCUT2D eigenvalue weighted by Crippen LogP contribution is 2.45. The molecule has 0 aliphatic carbocycles. The number of para-hydroxylation sites is 2. The van der Waals surface area contributed by atoms with Gasteiger partial charge in [0.15, 0.2) is 17.5 Å². The Morgan fingerprint density at radius 3 is 1.70 bits per heavy atom. The number of nitrogens with zero attached hydrogens (tertiary/aromatic N) is 3. The average Bonchev–Trinajstić information content (AvgIpc) is 3.98. The fourth-order valence-corrected chi connectivity index (χ4v) is 9.56. The maximum absolute atomic E-state index is 6.62. The van der Waals surface area contributed by atoms with E-state index < -0.39 is 0 Å². The molecule has 0 unspecified atom stereocenters. The zero-order valence-corrected chi connectivity index (χ0v) is 31.1. The summed E-state index contributed by atoms with van der Waals surface area (Å²) in [6, 6.07) is 60.8. The minimum Gasteiger partial charge on any atom is -0.456 e. The molecular weight excluding hydrogens is 719 g/mol. The second-order valence-electron chi connectivity index (χ2n) is 14.3. The number of furan rings is 2. The van der Waals surface area contributed by atoms with Gasteiger partial charge in [0.2, 0.25) is 0 Å². The molecule has 4 aromatic heterocycles. The molecule has 57 heavy (non-hydrogen) atoms. The van der Waals surface area contributed by atoms with Crippen molar-refractivity contribution in [2.24, 2.45) is 0 Å². The van der Waals surface area contributed by atoms with Crippen molar-refractivity contribution in [2.45, 2.75) is 0 Å². The van der Waals surface area contributed by atoms with Gasteiger partial charge in [0.05, 0.1) is 0 Å². The Kier molecular flexibility index (Phi) is 7.03. The quantitative estimate of drug-likeness (QED) is 0.175. The molecule has 0 radical (unpaired) electrons. The van der Waals surface area contributed by atoms with Crippen molar-refractivity contribution < 1.29 is 8.83 Å². The fourth-order valence-electron chi connectivity index (χ4n) is 8.35. The Hall–Kier alpha value is -7.41. The molecule has 12 aromatic rings. The van der Waals surface area contributed by atoms with Crippen molar-refractivity contribution in [1.29, 1.82) is 0 Å². The van der Waals surface area contributed by atoms with Crippen LogP contribution in [0.2, 0.25) is 0 Å². The first-order chi connectivity index (χ1) is 28.2. The Balaban J connectivity index is 1.11. The van der Waals surface area contributed by atoms with E-state index in [0.717, 1.165) is 87.5 Å². The molecule has 0 saturated heterocycles. The van der Waals surface area contributed by atoms with Crippen LogP contribution in [0.3, 0.4) is 0 Å². The van der Waals surface area contributed by atoms with Gasteiger partial charge in [-0.15, -0.1) is 11.3 Å². The van der Waals surface area contributed by atoms with Crippen molar-refractivity contribution in [1.82, 2.24) is 15.0 Å². The number of benzene rings is 8. The van der Waals surface area contributed by atoms with Crippen LogP contribution in [0.25, 0.3) is 120 Å². The number of fused-ring (bicyclic) bond motifs is 9. The molecule has 0 atom stereocenters. The molecule has 5 nitrogen and oxygen atoms in total. The van der Waals surface area contributed by atoms with Gasteiger partial charge in [-0.05, 0) is 47.0 Å². The highest BCUT2D eigenvalue weighted by Gasteiger charge is 2.23. The number of hydrogen-bond donors (Lipinski definition) is 0. The number of rotatable bonds is 5. The van der Waals surface area contributed by atoms with E-state index in [9.17, 15) is 0 Å². The summed E-state index contributed by atoms with van der Waals surface area (Å²) in [4.78, 5) is 15.8. The summed E-state index contributed by atoms with van der Waals surface area (Å²) < 4.78 is 15.6. The van der Waals surface area contributed by atoms with E-state index in [1.807, 2.05) is 42.5 Å². The van der Waals surface area contributed by atoms with E-state index in [1.54, 1.807) is 11.3 Å². The summed E-state index contributed by atoms with van der Waals surface area (Å²) in [5.74, 6) is 1.80. The highest BCUT2D eigenvalue weighted by molar-refractivity contribution is 7.26. The average molecular weight is 748 g/mol. The van der Waals surface area contributed by atoms with Gasteiger partial charge in [0.1, 0.15) is 22.3 Å². The lowest BCUT2D eigenvalue weighted by molar-refractivity contribution is 0.668. The van der Waals surface area contributed by atoms with Crippen molar-refractivity contribution in [3.63, 3.8) is 0 Å². The topological polar surface area (TPSA) is 65.0 Å². The van der Waals surface area contributed by atoms with E-state index >= 15 is 0 Å². The summed E-state index contributed by atoms with van der Waals surface area (Å²) >= 11 is 1.77. The maximum Gasteiger partial charge on any atom is 0.165 e. The normalized spacial score (nSPS) is 11.9. The Morgan fingerprint density at radius 1 is 0.333 bits per heavy atom. The third-order valence-electron chi connectivity index (χ3n) is 11.0. The largest absolute Gasteiger partial charge is 0.456 e. The van der Waals surface area contributed by atoms with Crippen LogP contribution in [0.1, 0.15) is 0 Å². The summed E-state index contributed by atoms with van der Waals surface area (Å²) in [5.41, 5.74) is 10.3.